The Balaban J connectivity index is -0.0000000397. The Morgan fingerprint density at radius 3 is 1.17 bits per heavy atom. The third kappa shape index (κ3) is 1430. The van der Waals surface area contributed by atoms with E-state index in [1.165, 1.54) is 27.9 Å². The zero-order valence-electron chi connectivity index (χ0n) is 7.81. The van der Waals surface area contributed by atoms with Crippen LogP contribution in [0.15, 0.2) is 0 Å². The Hall–Kier alpha value is 0.860. The molecule has 72 valence electrons. The quantitative estimate of drug-likeness (QED) is 0.211. The topological polar surface area (TPSA) is 98.0 Å². The second kappa shape index (κ2) is 22.6. The fourth-order valence-electron chi connectivity index (χ4n) is 0. The maximum Gasteiger partial charge on any atom is 0.152 e. The number of carbonyl (C=O) groups excluding carboxylic acids is 1. The van der Waals surface area contributed by atoms with E-state index in [1.54, 1.807) is 0 Å². The molecule has 0 amide bonds. The van der Waals surface area contributed by atoms with Crippen LogP contribution in [-0.4, -0.2) is 54.3 Å². The average molecular weight is 210 g/mol. The molecule has 0 aliphatic rings. The number of hydrogen-bond donors (Lipinski definition) is 4. The Bertz CT molecular complexity index is 52.3. The summed E-state index contributed by atoms with van der Waals surface area (Å²) in [6.07, 6.45) is 0. The van der Waals surface area contributed by atoms with Crippen LogP contribution >= 0.6 is 12.3 Å². The van der Waals surface area contributed by atoms with Crippen molar-refractivity contribution in [2.75, 3.05) is 0 Å². The summed E-state index contributed by atoms with van der Waals surface area (Å²) in [6.45, 7) is 8.75. The van der Waals surface area contributed by atoms with Gasteiger partial charge in [0, 0.05) is 0 Å². The van der Waals surface area contributed by atoms with Gasteiger partial charge in [0.05, 0.1) is 0 Å². The molecule has 12 heavy (non-hydrogen) atoms. The number of rotatable bonds is 0. The van der Waals surface area contributed by atoms with Crippen LogP contribution in [0.5, 0.6) is 0 Å². The van der Waals surface area contributed by atoms with Crippen molar-refractivity contribution in [3.63, 3.8) is 0 Å². The van der Waals surface area contributed by atoms with Gasteiger partial charge in [0.1, 0.15) is 6.79 Å². The molecule has 0 aliphatic heterocycles. The minimum Gasteiger partial charge on any atom is -0.307 e. The summed E-state index contributed by atoms with van der Waals surface area (Å²) in [4.78, 5) is 8.00. The van der Waals surface area contributed by atoms with Crippen LogP contribution in [0.3, 0.4) is 0 Å². The van der Waals surface area contributed by atoms with Crippen LogP contribution in [0, 0.1) is 0 Å². The first-order chi connectivity index (χ1) is 5.41. The summed E-state index contributed by atoms with van der Waals surface area (Å²) < 4.78 is 14.7. The molecule has 0 atom stereocenters. The molecular weight excluding hydrogens is 195 g/mol. The van der Waals surface area contributed by atoms with Crippen LogP contribution < -0.4 is 0 Å². The monoisotopic (exact) mass is 210 g/mol. The molecule has 0 saturated heterocycles. The van der Waals surface area contributed by atoms with Gasteiger partial charge in [-0.15, -0.1) is 0 Å². The molecule has 0 bridgehead atoms. The molecule has 5 nitrogen and oxygen atoms in total. The molecule has 4 N–H and O–H groups in total. The standard InChI is InChI=1S/C4H9.CH2O.Na.H2O2S.H2O2/c1-4(2)3;1-2;;1-3-2;1-2/h1-3H3;1H2;;1-2H;1-2H. The molecule has 0 aromatic rings. The summed E-state index contributed by atoms with van der Waals surface area (Å²) in [6, 6.07) is 0. The maximum atomic E-state index is 8.00. The molecule has 0 unspecified atom stereocenters. The first kappa shape index (κ1) is 23.0. The van der Waals surface area contributed by atoms with E-state index < -0.39 is 0 Å². The van der Waals surface area contributed by atoms with Crippen LogP contribution in [0.1, 0.15) is 20.8 Å². The molecule has 0 heterocycles. The molecule has 0 aromatic heterocycles. The second-order valence-electron chi connectivity index (χ2n) is 3.08. The smallest absolute Gasteiger partial charge is 0.152 e. The summed E-state index contributed by atoms with van der Waals surface area (Å²) in [7, 11) is 0. The van der Waals surface area contributed by atoms with Crippen molar-refractivity contribution in [1.29, 1.82) is 0 Å². The van der Waals surface area contributed by atoms with Crippen LogP contribution in [-0.2, 0) is 4.79 Å². The predicted molar refractivity (Wildman–Crippen MR) is 50.7 cm³/mol. The van der Waals surface area contributed by atoms with E-state index in [9.17, 15) is 0 Å². The van der Waals surface area contributed by atoms with Crippen LogP contribution in [0.4, 0.5) is 0 Å². The van der Waals surface area contributed by atoms with E-state index in [0.717, 1.165) is 0 Å². The van der Waals surface area contributed by atoms with Gasteiger partial charge < -0.3 is 13.9 Å². The molecule has 0 radical (unpaired) electrons. The molecule has 0 fully saturated rings. The summed E-state index contributed by atoms with van der Waals surface area (Å²) in [5, 5.41) is 12.0. The zero-order chi connectivity index (χ0) is 11.2. The average Bonchev–Trinajstić information content (AvgIpc) is 1.93. The van der Waals surface area contributed by atoms with Crippen molar-refractivity contribution in [1.82, 2.24) is 0 Å². The van der Waals surface area contributed by atoms with E-state index in [2.05, 4.69) is 20.8 Å². The number of hydrogen-bond acceptors (Lipinski definition) is 6. The molecule has 7 heteroatoms. The molecule has 0 aliphatic carbocycles. The first-order valence-electron chi connectivity index (χ1n) is 2.85. The molecule has 0 spiro atoms. The second-order valence-corrected chi connectivity index (χ2v) is 6.24. The van der Waals surface area contributed by atoms with E-state index in [0.29, 0.717) is 2.66 Å². The van der Waals surface area contributed by atoms with Crippen LogP contribution in [0.25, 0.3) is 0 Å². The van der Waals surface area contributed by atoms with Gasteiger partial charge in [0.15, 0.2) is 12.3 Å². The normalized spacial score (nSPS) is 7.42. The van der Waals surface area contributed by atoms with Gasteiger partial charge in [-0.25, -0.2) is 0 Å². The summed E-state index contributed by atoms with van der Waals surface area (Å²) in [5.74, 6) is 0. The van der Waals surface area contributed by atoms with Crippen molar-refractivity contribution in [3.8, 4) is 0 Å². The molecular formula is C5H15NaO5S. The van der Waals surface area contributed by atoms with Gasteiger partial charge in [-0.1, -0.05) is 0 Å². The van der Waals surface area contributed by atoms with Gasteiger partial charge in [-0.2, -0.15) is 0 Å². The van der Waals surface area contributed by atoms with Gasteiger partial charge >= 0.3 is 51.4 Å². The Kier molecular flexibility index (Phi) is 43.5. The summed E-state index contributed by atoms with van der Waals surface area (Å²) in [5.41, 5.74) is 0. The van der Waals surface area contributed by atoms with Gasteiger partial charge in [0.25, 0.3) is 0 Å². The molecule has 0 saturated carbocycles. The fraction of sp³-hybridized carbons (Fsp3) is 0.800. The minimum atomic E-state index is -0.250. The van der Waals surface area contributed by atoms with Crippen molar-refractivity contribution >= 4 is 47.0 Å². The SMILES string of the molecule is C=O.C[C](C)(C)[Na].OO.OSO. The van der Waals surface area contributed by atoms with Gasteiger partial charge in [-0.3, -0.25) is 10.5 Å². The van der Waals surface area contributed by atoms with Crippen LogP contribution in [0.2, 0.25) is 2.66 Å². The van der Waals surface area contributed by atoms with Crippen molar-refractivity contribution < 1.29 is 24.4 Å². The third-order valence-electron chi connectivity index (χ3n) is 0. The predicted octanol–water partition coefficient (Wildman–Crippen LogP) is 1.87. The van der Waals surface area contributed by atoms with Gasteiger partial charge in [0.2, 0.25) is 0 Å². The van der Waals surface area contributed by atoms with Crippen molar-refractivity contribution in [2.45, 2.75) is 23.4 Å². The third-order valence-corrected chi connectivity index (χ3v) is 0. The first-order valence-corrected chi connectivity index (χ1v) is 4.58. The molecule has 0 rings (SSSR count). The Morgan fingerprint density at radius 1 is 1.17 bits per heavy atom. The fourth-order valence-corrected chi connectivity index (χ4v) is 0. The van der Waals surface area contributed by atoms with E-state index in [1.807, 2.05) is 6.79 Å². The number of carbonyl (C=O) groups is 1. The Labute approximate surface area is 94.6 Å². The molecule has 0 aromatic carbocycles. The van der Waals surface area contributed by atoms with E-state index in [-0.39, 0.29) is 12.3 Å². The van der Waals surface area contributed by atoms with E-state index >= 15 is 0 Å². The van der Waals surface area contributed by atoms with E-state index in [4.69, 9.17) is 24.4 Å². The summed E-state index contributed by atoms with van der Waals surface area (Å²) >= 11 is 1.06. The largest absolute Gasteiger partial charge is 0.307 e. The Morgan fingerprint density at radius 2 is 1.17 bits per heavy atom. The van der Waals surface area contributed by atoms with Crippen molar-refractivity contribution in [3.05, 3.63) is 0 Å². The maximum absolute atomic E-state index is 8.00. The van der Waals surface area contributed by atoms with Crippen molar-refractivity contribution in [2.24, 2.45) is 0 Å². The zero-order valence-corrected chi connectivity index (χ0v) is 10.6. The minimum absolute atomic E-state index is 0.250. The van der Waals surface area contributed by atoms with Gasteiger partial charge in [-0.05, 0) is 0 Å².